The molecule has 3 nitrogen and oxygen atoms in total. The number of nitrogens with one attached hydrogen (secondary N) is 1. The second kappa shape index (κ2) is 5.41. The van der Waals surface area contributed by atoms with E-state index in [9.17, 15) is 4.79 Å². The van der Waals surface area contributed by atoms with Gasteiger partial charge in [0.25, 0.3) is 0 Å². The van der Waals surface area contributed by atoms with Crippen molar-refractivity contribution in [2.24, 2.45) is 5.73 Å². The molecule has 0 saturated heterocycles. The lowest BCUT2D eigenvalue weighted by atomic mass is 10.3. The molecule has 0 bridgehead atoms. The Morgan fingerprint density at radius 2 is 2.36 bits per heavy atom. The summed E-state index contributed by atoms with van der Waals surface area (Å²) in [6.07, 6.45) is 0. The third-order valence-electron chi connectivity index (χ3n) is 1.12. The summed E-state index contributed by atoms with van der Waals surface area (Å²) in [5.41, 5.74) is 6.21. The SMILES string of the molecule is CC(NCC(Cl)=CCl)C(N)=O. The molecule has 0 aliphatic carbocycles. The fourth-order valence-electron chi connectivity index (χ4n) is 0.390. The molecule has 0 rings (SSSR count). The molecule has 0 heterocycles. The maximum Gasteiger partial charge on any atom is 0.234 e. The van der Waals surface area contributed by atoms with E-state index in [1.807, 2.05) is 0 Å². The molecule has 0 aromatic carbocycles. The van der Waals surface area contributed by atoms with Crippen LogP contribution in [0, 0.1) is 0 Å². The number of rotatable bonds is 4. The highest BCUT2D eigenvalue weighted by molar-refractivity contribution is 6.36. The zero-order valence-electron chi connectivity index (χ0n) is 6.10. The van der Waals surface area contributed by atoms with Gasteiger partial charge in [-0.25, -0.2) is 0 Å². The Morgan fingerprint density at radius 3 is 2.73 bits per heavy atom. The normalized spacial score (nSPS) is 14.6. The van der Waals surface area contributed by atoms with Crippen molar-refractivity contribution in [3.05, 3.63) is 10.6 Å². The van der Waals surface area contributed by atoms with Gasteiger partial charge in [0.05, 0.1) is 6.04 Å². The van der Waals surface area contributed by atoms with Crippen LogP contribution in [-0.4, -0.2) is 18.5 Å². The maximum absolute atomic E-state index is 10.5. The van der Waals surface area contributed by atoms with E-state index in [4.69, 9.17) is 28.9 Å². The molecule has 1 atom stereocenters. The van der Waals surface area contributed by atoms with Crippen LogP contribution in [0.4, 0.5) is 0 Å². The molecule has 0 radical (unpaired) electrons. The molecule has 0 aromatic heterocycles. The Morgan fingerprint density at radius 1 is 1.82 bits per heavy atom. The van der Waals surface area contributed by atoms with Crippen molar-refractivity contribution in [2.75, 3.05) is 6.54 Å². The Labute approximate surface area is 75.5 Å². The highest BCUT2D eigenvalue weighted by atomic mass is 35.5. The van der Waals surface area contributed by atoms with Crippen LogP contribution >= 0.6 is 23.2 Å². The first-order chi connectivity index (χ1) is 5.07. The highest BCUT2D eigenvalue weighted by Gasteiger charge is 2.06. The van der Waals surface area contributed by atoms with Gasteiger partial charge in [-0.15, -0.1) is 0 Å². The summed E-state index contributed by atoms with van der Waals surface area (Å²) in [4.78, 5) is 10.5. The molecule has 3 N–H and O–H groups in total. The van der Waals surface area contributed by atoms with Gasteiger partial charge in [0.1, 0.15) is 0 Å². The molecule has 0 saturated carbocycles. The van der Waals surface area contributed by atoms with E-state index in [0.29, 0.717) is 11.6 Å². The first-order valence-corrected chi connectivity index (χ1v) is 3.86. The van der Waals surface area contributed by atoms with Crippen molar-refractivity contribution in [3.63, 3.8) is 0 Å². The van der Waals surface area contributed by atoms with Gasteiger partial charge >= 0.3 is 0 Å². The molecule has 0 fully saturated rings. The third kappa shape index (κ3) is 5.07. The first-order valence-electron chi connectivity index (χ1n) is 3.05. The molecular weight excluding hydrogens is 187 g/mol. The van der Waals surface area contributed by atoms with Crippen LogP contribution in [0.25, 0.3) is 0 Å². The van der Waals surface area contributed by atoms with Gasteiger partial charge in [0.2, 0.25) is 5.91 Å². The predicted molar refractivity (Wildman–Crippen MR) is 46.4 cm³/mol. The van der Waals surface area contributed by atoms with Crippen LogP contribution in [0.3, 0.4) is 0 Å². The van der Waals surface area contributed by atoms with E-state index in [-0.39, 0.29) is 6.04 Å². The van der Waals surface area contributed by atoms with Gasteiger partial charge in [-0.2, -0.15) is 0 Å². The Balaban J connectivity index is 3.62. The molecule has 64 valence electrons. The van der Waals surface area contributed by atoms with Crippen LogP contribution in [0.1, 0.15) is 6.92 Å². The fraction of sp³-hybridized carbons (Fsp3) is 0.500. The van der Waals surface area contributed by atoms with Crippen molar-refractivity contribution in [1.29, 1.82) is 0 Å². The molecule has 1 unspecified atom stereocenters. The van der Waals surface area contributed by atoms with Crippen LogP contribution in [-0.2, 0) is 4.79 Å². The van der Waals surface area contributed by atoms with E-state index in [0.717, 1.165) is 0 Å². The summed E-state index contributed by atoms with van der Waals surface area (Å²) in [7, 11) is 0. The van der Waals surface area contributed by atoms with Crippen molar-refractivity contribution < 1.29 is 4.79 Å². The lowest BCUT2D eigenvalue weighted by molar-refractivity contribution is -0.119. The predicted octanol–water partition coefficient (Wildman–Crippen LogP) is 0.769. The third-order valence-corrected chi connectivity index (χ3v) is 1.74. The average Bonchev–Trinajstić information content (AvgIpc) is 1.99. The number of carbonyl (C=O) groups is 1. The average molecular weight is 197 g/mol. The zero-order chi connectivity index (χ0) is 8.85. The minimum Gasteiger partial charge on any atom is -0.368 e. The molecule has 5 heteroatoms. The number of hydrogen-bond acceptors (Lipinski definition) is 2. The molecule has 0 aromatic rings. The van der Waals surface area contributed by atoms with Crippen LogP contribution in [0.2, 0.25) is 0 Å². The van der Waals surface area contributed by atoms with Gasteiger partial charge in [-0.05, 0) is 6.92 Å². The number of halogens is 2. The Hall–Kier alpha value is -0.250. The Kier molecular flexibility index (Phi) is 5.28. The van der Waals surface area contributed by atoms with E-state index in [2.05, 4.69) is 5.32 Å². The summed E-state index contributed by atoms with van der Waals surface area (Å²) in [5.74, 6) is -0.413. The van der Waals surface area contributed by atoms with E-state index in [1.54, 1.807) is 6.92 Å². The van der Waals surface area contributed by atoms with Crippen LogP contribution < -0.4 is 11.1 Å². The number of nitrogens with two attached hydrogens (primary N) is 1. The number of primary amides is 1. The first kappa shape index (κ1) is 10.8. The quantitative estimate of drug-likeness (QED) is 0.699. The van der Waals surface area contributed by atoms with Crippen LogP contribution in [0.5, 0.6) is 0 Å². The van der Waals surface area contributed by atoms with Crippen molar-refractivity contribution in [3.8, 4) is 0 Å². The van der Waals surface area contributed by atoms with Gasteiger partial charge in [-0.3, -0.25) is 4.79 Å². The number of amides is 1. The van der Waals surface area contributed by atoms with Gasteiger partial charge in [0.15, 0.2) is 0 Å². The maximum atomic E-state index is 10.5. The summed E-state index contributed by atoms with van der Waals surface area (Å²) < 4.78 is 0. The minimum absolute atomic E-state index is 0.356. The largest absolute Gasteiger partial charge is 0.368 e. The van der Waals surface area contributed by atoms with Gasteiger partial charge in [-0.1, -0.05) is 23.2 Å². The summed E-state index contributed by atoms with van der Waals surface area (Å²) in [6, 6.07) is -0.389. The van der Waals surface area contributed by atoms with E-state index in [1.165, 1.54) is 5.54 Å². The van der Waals surface area contributed by atoms with Gasteiger partial charge in [0, 0.05) is 17.1 Å². The lowest BCUT2D eigenvalue weighted by Crippen LogP contribution is -2.39. The molecule has 0 aliphatic rings. The summed E-state index contributed by atoms with van der Waals surface area (Å²) >= 11 is 10.8. The van der Waals surface area contributed by atoms with Crippen molar-refractivity contribution >= 4 is 29.1 Å². The van der Waals surface area contributed by atoms with E-state index >= 15 is 0 Å². The van der Waals surface area contributed by atoms with E-state index < -0.39 is 5.91 Å². The monoisotopic (exact) mass is 196 g/mol. The zero-order valence-corrected chi connectivity index (χ0v) is 7.62. The highest BCUT2D eigenvalue weighted by Crippen LogP contribution is 2.00. The number of carbonyl (C=O) groups excluding carboxylic acids is 1. The molecule has 1 amide bonds. The number of hydrogen-bond donors (Lipinski definition) is 2. The lowest BCUT2D eigenvalue weighted by Gasteiger charge is -2.07. The second-order valence-corrected chi connectivity index (χ2v) is 2.76. The minimum atomic E-state index is -0.413. The summed E-state index contributed by atoms with van der Waals surface area (Å²) in [6.45, 7) is 2.01. The molecule has 0 aliphatic heterocycles. The smallest absolute Gasteiger partial charge is 0.234 e. The van der Waals surface area contributed by atoms with Gasteiger partial charge < -0.3 is 11.1 Å². The van der Waals surface area contributed by atoms with Crippen molar-refractivity contribution in [2.45, 2.75) is 13.0 Å². The fourth-order valence-corrected chi connectivity index (χ4v) is 0.544. The topological polar surface area (TPSA) is 55.1 Å². The molecular formula is C6H10Cl2N2O. The second-order valence-electron chi connectivity index (χ2n) is 2.06. The molecule has 0 spiro atoms. The Bertz CT molecular complexity index is 170. The van der Waals surface area contributed by atoms with Crippen LogP contribution in [0.15, 0.2) is 10.6 Å². The van der Waals surface area contributed by atoms with Crippen molar-refractivity contribution in [1.82, 2.24) is 5.32 Å². The summed E-state index contributed by atoms with van der Waals surface area (Å²) in [5, 5.41) is 3.22. The molecule has 11 heavy (non-hydrogen) atoms. The standard InChI is InChI=1S/C6H10Cl2N2O/c1-4(6(9)11)10-3-5(8)2-7/h2,4,10H,3H2,1H3,(H2,9,11).